The SMILES string of the molecule is CCOC(=O)c1c(-c2ccc(-c3ccccc3NS(C)(=O)=O)cc2)c(C#N)c(CC)n1CC. The first-order chi connectivity index (χ1) is 15.8. The number of benzene rings is 2. The third-order valence-electron chi connectivity index (χ3n) is 5.31. The number of aromatic nitrogens is 1. The van der Waals surface area contributed by atoms with Crippen molar-refractivity contribution in [3.05, 3.63) is 65.5 Å². The fourth-order valence-corrected chi connectivity index (χ4v) is 4.61. The zero-order valence-electron chi connectivity index (χ0n) is 19.2. The highest BCUT2D eigenvalue weighted by Crippen LogP contribution is 2.36. The van der Waals surface area contributed by atoms with Gasteiger partial charge in [0.15, 0.2) is 0 Å². The first kappa shape index (κ1) is 24.1. The van der Waals surface area contributed by atoms with Crippen LogP contribution in [0.3, 0.4) is 0 Å². The van der Waals surface area contributed by atoms with Gasteiger partial charge in [0, 0.05) is 23.4 Å². The van der Waals surface area contributed by atoms with Crippen LogP contribution in [0.2, 0.25) is 0 Å². The molecule has 0 aliphatic heterocycles. The molecule has 0 amide bonds. The highest BCUT2D eigenvalue weighted by molar-refractivity contribution is 7.92. The van der Waals surface area contributed by atoms with Gasteiger partial charge in [-0.25, -0.2) is 13.2 Å². The van der Waals surface area contributed by atoms with Crippen molar-refractivity contribution in [2.45, 2.75) is 33.7 Å². The third-order valence-corrected chi connectivity index (χ3v) is 5.90. The summed E-state index contributed by atoms with van der Waals surface area (Å²) in [6.07, 6.45) is 1.71. The average Bonchev–Trinajstić information content (AvgIpc) is 3.12. The van der Waals surface area contributed by atoms with Gasteiger partial charge in [0.25, 0.3) is 0 Å². The van der Waals surface area contributed by atoms with Crippen molar-refractivity contribution in [1.29, 1.82) is 5.26 Å². The standard InChI is InChI=1S/C25H27N3O4S/c1-5-22-20(16-26)23(24(28(22)6-2)25(29)32-7-3)18-14-12-17(13-15-18)19-10-8-9-11-21(19)27-33(4,30)31/h8-15,27H,5-7H2,1-4H3. The van der Waals surface area contributed by atoms with E-state index >= 15 is 0 Å². The van der Waals surface area contributed by atoms with Crippen molar-refractivity contribution < 1.29 is 17.9 Å². The summed E-state index contributed by atoms with van der Waals surface area (Å²) in [6.45, 7) is 6.41. The lowest BCUT2D eigenvalue weighted by atomic mass is 9.96. The molecular weight excluding hydrogens is 438 g/mol. The number of para-hydroxylation sites is 1. The average molecular weight is 466 g/mol. The van der Waals surface area contributed by atoms with Crippen LogP contribution in [0.25, 0.3) is 22.3 Å². The molecule has 2 aromatic carbocycles. The normalized spacial score (nSPS) is 11.1. The molecule has 3 aromatic rings. The number of hydrogen-bond donors (Lipinski definition) is 1. The number of esters is 1. The Kier molecular flexibility index (Phi) is 7.24. The van der Waals surface area contributed by atoms with Gasteiger partial charge in [0.1, 0.15) is 11.8 Å². The number of rotatable bonds is 8. The number of hydrogen-bond acceptors (Lipinski definition) is 5. The summed E-state index contributed by atoms with van der Waals surface area (Å²) in [7, 11) is -3.44. The molecule has 0 atom stereocenters. The number of anilines is 1. The monoisotopic (exact) mass is 465 g/mol. The van der Waals surface area contributed by atoms with Crippen molar-refractivity contribution >= 4 is 21.7 Å². The Hall–Kier alpha value is -3.57. The molecule has 172 valence electrons. The molecule has 0 radical (unpaired) electrons. The van der Waals surface area contributed by atoms with Gasteiger partial charge in [0.05, 0.1) is 24.1 Å². The minimum absolute atomic E-state index is 0.236. The molecule has 1 heterocycles. The molecule has 0 fully saturated rings. The molecule has 7 nitrogen and oxygen atoms in total. The van der Waals surface area contributed by atoms with E-state index in [2.05, 4.69) is 10.8 Å². The predicted octanol–water partition coefficient (Wildman–Crippen LogP) is 4.82. The zero-order chi connectivity index (χ0) is 24.2. The second-order valence-corrected chi connectivity index (χ2v) is 9.22. The lowest BCUT2D eigenvalue weighted by Crippen LogP contribution is -2.14. The van der Waals surface area contributed by atoms with Gasteiger partial charge in [-0.15, -0.1) is 0 Å². The van der Waals surface area contributed by atoms with Gasteiger partial charge in [-0.05, 0) is 37.5 Å². The molecule has 8 heteroatoms. The molecule has 0 spiro atoms. The maximum Gasteiger partial charge on any atom is 0.355 e. The summed E-state index contributed by atoms with van der Waals surface area (Å²) in [5, 5.41) is 9.93. The second-order valence-electron chi connectivity index (χ2n) is 7.47. The van der Waals surface area contributed by atoms with E-state index < -0.39 is 16.0 Å². The van der Waals surface area contributed by atoms with Crippen molar-refractivity contribution in [2.75, 3.05) is 17.6 Å². The number of carbonyl (C=O) groups is 1. The van der Waals surface area contributed by atoms with Crippen LogP contribution in [0.15, 0.2) is 48.5 Å². The van der Waals surface area contributed by atoms with Gasteiger partial charge in [-0.1, -0.05) is 49.4 Å². The van der Waals surface area contributed by atoms with E-state index in [9.17, 15) is 18.5 Å². The molecule has 33 heavy (non-hydrogen) atoms. The summed E-state index contributed by atoms with van der Waals surface area (Å²) in [4.78, 5) is 12.9. The smallest absolute Gasteiger partial charge is 0.355 e. The van der Waals surface area contributed by atoms with E-state index in [0.29, 0.717) is 41.0 Å². The van der Waals surface area contributed by atoms with Gasteiger partial charge in [-0.3, -0.25) is 4.72 Å². The summed E-state index contributed by atoms with van der Waals surface area (Å²) < 4.78 is 33.2. The highest BCUT2D eigenvalue weighted by Gasteiger charge is 2.27. The number of sulfonamides is 1. The molecule has 0 bridgehead atoms. The van der Waals surface area contributed by atoms with E-state index in [4.69, 9.17) is 4.74 Å². The molecule has 3 rings (SSSR count). The maximum atomic E-state index is 12.9. The van der Waals surface area contributed by atoms with Crippen LogP contribution in [0.4, 0.5) is 5.69 Å². The van der Waals surface area contributed by atoms with E-state index in [1.54, 1.807) is 19.1 Å². The van der Waals surface area contributed by atoms with Gasteiger partial charge >= 0.3 is 5.97 Å². The molecular formula is C25H27N3O4S. The first-order valence-electron chi connectivity index (χ1n) is 10.8. The third kappa shape index (κ3) is 4.94. The Labute approximate surface area is 194 Å². The van der Waals surface area contributed by atoms with Gasteiger partial charge in [-0.2, -0.15) is 5.26 Å². The summed E-state index contributed by atoms with van der Waals surface area (Å²) in [5.41, 5.74) is 4.91. The zero-order valence-corrected chi connectivity index (χ0v) is 20.0. The topological polar surface area (TPSA) is 101 Å². The lowest BCUT2D eigenvalue weighted by molar-refractivity contribution is 0.0514. The largest absolute Gasteiger partial charge is 0.461 e. The van der Waals surface area contributed by atoms with Crippen LogP contribution in [0.5, 0.6) is 0 Å². The van der Waals surface area contributed by atoms with E-state index in [1.165, 1.54) is 0 Å². The number of carbonyl (C=O) groups excluding carboxylic acids is 1. The fraction of sp³-hybridized carbons (Fsp3) is 0.280. The highest BCUT2D eigenvalue weighted by atomic mass is 32.2. The maximum absolute atomic E-state index is 12.9. The summed E-state index contributed by atoms with van der Waals surface area (Å²) in [5.74, 6) is -0.461. The van der Waals surface area contributed by atoms with Crippen molar-refractivity contribution in [1.82, 2.24) is 4.57 Å². The van der Waals surface area contributed by atoms with Gasteiger partial charge in [0.2, 0.25) is 10.0 Å². The first-order valence-corrected chi connectivity index (χ1v) is 12.6. The van der Waals surface area contributed by atoms with Crippen LogP contribution < -0.4 is 4.72 Å². The number of nitrogens with zero attached hydrogens (tertiary/aromatic N) is 2. The molecule has 1 aromatic heterocycles. The van der Waals surface area contributed by atoms with Crippen LogP contribution in [0, 0.1) is 11.3 Å². The predicted molar refractivity (Wildman–Crippen MR) is 129 cm³/mol. The van der Waals surface area contributed by atoms with Crippen molar-refractivity contribution in [3.63, 3.8) is 0 Å². The Morgan fingerprint density at radius 3 is 2.24 bits per heavy atom. The lowest BCUT2D eigenvalue weighted by Gasteiger charge is -2.12. The molecule has 0 saturated heterocycles. The van der Waals surface area contributed by atoms with E-state index in [1.807, 2.05) is 54.8 Å². The quantitative estimate of drug-likeness (QED) is 0.481. The molecule has 0 saturated carbocycles. The number of ether oxygens (including phenoxy) is 1. The second kappa shape index (κ2) is 9.92. The fourth-order valence-electron chi connectivity index (χ4n) is 4.04. The molecule has 1 N–H and O–H groups in total. The van der Waals surface area contributed by atoms with Crippen LogP contribution in [-0.2, 0) is 27.7 Å². The molecule has 0 unspecified atom stereocenters. The molecule has 0 aliphatic carbocycles. The Morgan fingerprint density at radius 2 is 1.70 bits per heavy atom. The minimum atomic E-state index is -3.44. The Balaban J connectivity index is 2.17. The summed E-state index contributed by atoms with van der Waals surface area (Å²) >= 11 is 0. The number of nitriles is 1. The van der Waals surface area contributed by atoms with Gasteiger partial charge < -0.3 is 9.30 Å². The Morgan fingerprint density at radius 1 is 1.06 bits per heavy atom. The number of nitrogens with one attached hydrogen (secondary N) is 1. The Bertz CT molecular complexity index is 1320. The van der Waals surface area contributed by atoms with Crippen LogP contribution >= 0.6 is 0 Å². The minimum Gasteiger partial charge on any atom is -0.461 e. The molecule has 0 aliphatic rings. The van der Waals surface area contributed by atoms with E-state index in [-0.39, 0.29) is 6.61 Å². The van der Waals surface area contributed by atoms with E-state index in [0.717, 1.165) is 23.1 Å². The van der Waals surface area contributed by atoms with Crippen molar-refractivity contribution in [3.8, 4) is 28.3 Å². The van der Waals surface area contributed by atoms with Crippen LogP contribution in [-0.4, -0.2) is 31.8 Å². The summed E-state index contributed by atoms with van der Waals surface area (Å²) in [6, 6.07) is 16.8. The van der Waals surface area contributed by atoms with Crippen LogP contribution in [0.1, 0.15) is 42.5 Å². The van der Waals surface area contributed by atoms with Crippen molar-refractivity contribution in [2.24, 2.45) is 0 Å².